The van der Waals surface area contributed by atoms with Gasteiger partial charge in [-0.1, -0.05) is 30.3 Å². The fourth-order valence-electron chi connectivity index (χ4n) is 2.98. The third kappa shape index (κ3) is 6.81. The SMILES string of the molecule is CCNC(=NCC(C)(C)S(C)(=O)=O)NC1CCN(Cc2ccccc2)CC1. The summed E-state index contributed by atoms with van der Waals surface area (Å²) >= 11 is 0. The molecule has 27 heavy (non-hydrogen) atoms. The summed E-state index contributed by atoms with van der Waals surface area (Å²) in [6, 6.07) is 10.9. The third-order valence-electron chi connectivity index (χ3n) is 5.14. The topological polar surface area (TPSA) is 73.8 Å². The van der Waals surface area contributed by atoms with E-state index in [4.69, 9.17) is 0 Å². The lowest BCUT2D eigenvalue weighted by atomic mass is 10.0. The molecule has 152 valence electrons. The van der Waals surface area contributed by atoms with Crippen molar-refractivity contribution in [3.8, 4) is 0 Å². The highest BCUT2D eigenvalue weighted by molar-refractivity contribution is 7.92. The first-order valence-electron chi connectivity index (χ1n) is 9.72. The highest BCUT2D eigenvalue weighted by atomic mass is 32.2. The lowest BCUT2D eigenvalue weighted by Gasteiger charge is -2.33. The maximum absolute atomic E-state index is 11.9. The van der Waals surface area contributed by atoms with Crippen molar-refractivity contribution in [3.63, 3.8) is 0 Å². The molecule has 6 nitrogen and oxygen atoms in total. The smallest absolute Gasteiger partial charge is 0.191 e. The van der Waals surface area contributed by atoms with Gasteiger partial charge in [0.25, 0.3) is 0 Å². The molecule has 0 aliphatic carbocycles. The minimum Gasteiger partial charge on any atom is -0.357 e. The van der Waals surface area contributed by atoms with Crippen molar-refractivity contribution in [2.45, 2.75) is 50.9 Å². The van der Waals surface area contributed by atoms with Crippen LogP contribution in [0.2, 0.25) is 0 Å². The van der Waals surface area contributed by atoms with Crippen LogP contribution in [-0.4, -0.2) is 62.5 Å². The maximum atomic E-state index is 11.9. The van der Waals surface area contributed by atoms with E-state index in [0.29, 0.717) is 12.0 Å². The Labute approximate surface area is 164 Å². The highest BCUT2D eigenvalue weighted by Gasteiger charge is 2.30. The maximum Gasteiger partial charge on any atom is 0.191 e. The van der Waals surface area contributed by atoms with Crippen LogP contribution in [0.15, 0.2) is 35.3 Å². The Bertz CT molecular complexity index is 709. The highest BCUT2D eigenvalue weighted by Crippen LogP contribution is 2.16. The van der Waals surface area contributed by atoms with Crippen LogP contribution in [0, 0.1) is 0 Å². The zero-order chi connectivity index (χ0) is 19.9. The van der Waals surface area contributed by atoms with E-state index in [0.717, 1.165) is 39.0 Å². The Morgan fingerprint density at radius 3 is 2.41 bits per heavy atom. The second kappa shape index (κ2) is 9.55. The number of hydrogen-bond acceptors (Lipinski definition) is 4. The number of aliphatic imine (C=N–C) groups is 1. The Morgan fingerprint density at radius 2 is 1.85 bits per heavy atom. The number of piperidine rings is 1. The zero-order valence-corrected chi connectivity index (χ0v) is 17.8. The fourth-order valence-corrected chi connectivity index (χ4v) is 3.28. The molecule has 7 heteroatoms. The number of nitrogens with zero attached hydrogens (tertiary/aromatic N) is 2. The number of guanidine groups is 1. The molecule has 0 atom stereocenters. The molecule has 0 aromatic heterocycles. The Morgan fingerprint density at radius 1 is 1.22 bits per heavy atom. The average Bonchev–Trinajstić information content (AvgIpc) is 2.61. The molecular weight excluding hydrogens is 360 g/mol. The lowest BCUT2D eigenvalue weighted by molar-refractivity contribution is 0.198. The number of benzene rings is 1. The second-order valence-electron chi connectivity index (χ2n) is 7.91. The summed E-state index contributed by atoms with van der Waals surface area (Å²) in [4.78, 5) is 7.01. The van der Waals surface area contributed by atoms with Gasteiger partial charge in [0.2, 0.25) is 0 Å². The lowest BCUT2D eigenvalue weighted by Crippen LogP contribution is -2.49. The monoisotopic (exact) mass is 394 g/mol. The number of rotatable bonds is 7. The number of sulfone groups is 1. The predicted molar refractivity (Wildman–Crippen MR) is 113 cm³/mol. The van der Waals surface area contributed by atoms with Gasteiger partial charge in [-0.05, 0) is 39.2 Å². The molecule has 1 fully saturated rings. The second-order valence-corrected chi connectivity index (χ2v) is 10.6. The fraction of sp³-hybridized carbons (Fsp3) is 0.650. The van der Waals surface area contributed by atoms with Gasteiger partial charge in [-0.25, -0.2) is 8.42 Å². The van der Waals surface area contributed by atoms with Crippen molar-refractivity contribution < 1.29 is 8.42 Å². The number of likely N-dealkylation sites (tertiary alicyclic amines) is 1. The van der Waals surface area contributed by atoms with Gasteiger partial charge < -0.3 is 10.6 Å². The van der Waals surface area contributed by atoms with E-state index in [-0.39, 0.29) is 6.54 Å². The summed E-state index contributed by atoms with van der Waals surface area (Å²) in [5.41, 5.74) is 1.35. The first-order valence-corrected chi connectivity index (χ1v) is 11.6. The van der Waals surface area contributed by atoms with Crippen molar-refractivity contribution in [1.82, 2.24) is 15.5 Å². The molecule has 2 rings (SSSR count). The van der Waals surface area contributed by atoms with Crippen molar-refractivity contribution >= 4 is 15.8 Å². The van der Waals surface area contributed by atoms with Crippen LogP contribution in [0.4, 0.5) is 0 Å². The number of hydrogen-bond donors (Lipinski definition) is 2. The summed E-state index contributed by atoms with van der Waals surface area (Å²) < 4.78 is 22.9. The summed E-state index contributed by atoms with van der Waals surface area (Å²) in [6.45, 7) is 9.52. The van der Waals surface area contributed by atoms with Crippen LogP contribution in [0.5, 0.6) is 0 Å². The molecule has 0 spiro atoms. The van der Waals surface area contributed by atoms with Gasteiger partial charge in [0, 0.05) is 38.5 Å². The normalized spacial score (nSPS) is 17.7. The van der Waals surface area contributed by atoms with Crippen molar-refractivity contribution in [2.24, 2.45) is 4.99 Å². The van der Waals surface area contributed by atoms with Crippen LogP contribution < -0.4 is 10.6 Å². The Kier molecular flexibility index (Phi) is 7.68. The molecule has 0 saturated carbocycles. The molecule has 0 bridgehead atoms. The van der Waals surface area contributed by atoms with Crippen LogP contribution in [0.1, 0.15) is 39.2 Å². The molecule has 0 unspecified atom stereocenters. The predicted octanol–water partition coefficient (Wildman–Crippen LogP) is 2.03. The quantitative estimate of drug-likeness (QED) is 0.547. The van der Waals surface area contributed by atoms with Crippen LogP contribution in [0.25, 0.3) is 0 Å². The molecule has 0 amide bonds. The average molecular weight is 395 g/mol. The molecule has 1 aliphatic heterocycles. The standard InChI is InChI=1S/C20H34N4O2S/c1-5-21-19(22-16-20(2,3)27(4,25)26)23-18-11-13-24(14-12-18)15-17-9-7-6-8-10-17/h6-10,18H,5,11-16H2,1-4H3,(H2,21,22,23). The van der Waals surface area contributed by atoms with Crippen LogP contribution in [-0.2, 0) is 16.4 Å². The Balaban J connectivity index is 1.87. The van der Waals surface area contributed by atoms with E-state index in [1.807, 2.05) is 13.0 Å². The summed E-state index contributed by atoms with van der Waals surface area (Å²) in [5.74, 6) is 0.704. The minimum absolute atomic E-state index is 0.244. The Hall–Kier alpha value is -1.60. The van der Waals surface area contributed by atoms with E-state index in [2.05, 4.69) is 44.8 Å². The van der Waals surface area contributed by atoms with E-state index in [1.165, 1.54) is 11.8 Å². The summed E-state index contributed by atoms with van der Waals surface area (Å²) in [7, 11) is -3.15. The van der Waals surface area contributed by atoms with Crippen molar-refractivity contribution in [2.75, 3.05) is 32.4 Å². The van der Waals surface area contributed by atoms with Gasteiger partial charge >= 0.3 is 0 Å². The van der Waals surface area contributed by atoms with E-state index < -0.39 is 14.6 Å². The largest absolute Gasteiger partial charge is 0.357 e. The van der Waals surface area contributed by atoms with Gasteiger partial charge in [-0.2, -0.15) is 0 Å². The molecule has 1 aliphatic rings. The molecule has 1 heterocycles. The van der Waals surface area contributed by atoms with Crippen molar-refractivity contribution in [1.29, 1.82) is 0 Å². The van der Waals surface area contributed by atoms with E-state index in [9.17, 15) is 8.42 Å². The van der Waals surface area contributed by atoms with E-state index in [1.54, 1.807) is 13.8 Å². The molecule has 0 radical (unpaired) electrons. The molecule has 2 N–H and O–H groups in total. The summed E-state index contributed by atoms with van der Waals surface area (Å²) in [6.07, 6.45) is 3.37. The van der Waals surface area contributed by atoms with Gasteiger partial charge in [-0.15, -0.1) is 0 Å². The molecule has 1 aromatic rings. The molecule has 1 aromatic carbocycles. The minimum atomic E-state index is -3.15. The van der Waals surface area contributed by atoms with Gasteiger partial charge in [0.15, 0.2) is 15.8 Å². The first-order chi connectivity index (χ1) is 12.7. The van der Waals surface area contributed by atoms with Gasteiger partial charge in [0.05, 0.1) is 11.3 Å². The molecule has 1 saturated heterocycles. The van der Waals surface area contributed by atoms with Crippen molar-refractivity contribution in [3.05, 3.63) is 35.9 Å². The number of nitrogens with one attached hydrogen (secondary N) is 2. The zero-order valence-electron chi connectivity index (χ0n) is 17.0. The molecular formula is C20H34N4O2S. The van der Waals surface area contributed by atoms with E-state index >= 15 is 0 Å². The van der Waals surface area contributed by atoms with Crippen LogP contribution in [0.3, 0.4) is 0 Å². The third-order valence-corrected chi connectivity index (χ3v) is 7.28. The van der Waals surface area contributed by atoms with Gasteiger partial charge in [-0.3, -0.25) is 9.89 Å². The van der Waals surface area contributed by atoms with Gasteiger partial charge in [0.1, 0.15) is 0 Å². The van der Waals surface area contributed by atoms with Crippen LogP contribution >= 0.6 is 0 Å². The first kappa shape index (κ1) is 21.7. The summed E-state index contributed by atoms with van der Waals surface area (Å²) in [5, 5.41) is 6.72.